The van der Waals surface area contributed by atoms with Crippen LogP contribution in [0.1, 0.15) is 22.8 Å². The number of hydrogen-bond donors (Lipinski definition) is 1. The van der Waals surface area contributed by atoms with Gasteiger partial charge >= 0.3 is 0 Å². The van der Waals surface area contributed by atoms with Gasteiger partial charge in [-0.3, -0.25) is 19.7 Å². The first-order valence-corrected chi connectivity index (χ1v) is 8.62. The van der Waals surface area contributed by atoms with Crippen LogP contribution in [0.3, 0.4) is 0 Å². The summed E-state index contributed by atoms with van der Waals surface area (Å²) in [7, 11) is 0. The lowest BCUT2D eigenvalue weighted by Gasteiger charge is -2.18. The van der Waals surface area contributed by atoms with Crippen LogP contribution in [0.2, 0.25) is 0 Å². The fourth-order valence-electron chi connectivity index (χ4n) is 2.57. The van der Waals surface area contributed by atoms with Gasteiger partial charge in [-0.2, -0.15) is 0 Å². The number of carbonyl (C=O) groups is 3. The topological polar surface area (TPSA) is 72.5 Å². The van der Waals surface area contributed by atoms with Crippen LogP contribution in [-0.4, -0.2) is 28.3 Å². The van der Waals surface area contributed by atoms with E-state index in [9.17, 15) is 14.4 Å². The summed E-state index contributed by atoms with van der Waals surface area (Å²) in [6, 6.07) is 16.2. The summed E-state index contributed by atoms with van der Waals surface area (Å²) >= 11 is 1.01. The number of imide groups is 1. The van der Waals surface area contributed by atoms with E-state index in [0.717, 1.165) is 17.3 Å². The molecule has 128 valence electrons. The number of thioether (sulfide) groups is 1. The van der Waals surface area contributed by atoms with Crippen molar-refractivity contribution < 1.29 is 19.1 Å². The van der Waals surface area contributed by atoms with Crippen molar-refractivity contribution in [1.29, 1.82) is 0 Å². The predicted octanol–water partition coefficient (Wildman–Crippen LogP) is 3.23. The Morgan fingerprint density at radius 3 is 2.36 bits per heavy atom. The highest BCUT2D eigenvalue weighted by Gasteiger charge is 2.43. The van der Waals surface area contributed by atoms with Gasteiger partial charge in [0.05, 0.1) is 0 Å². The number of hydrogen-bond acceptors (Lipinski definition) is 5. The number of ketones is 1. The Morgan fingerprint density at radius 2 is 1.76 bits per heavy atom. The second kappa shape index (κ2) is 7.11. The third-order valence-electron chi connectivity index (χ3n) is 3.94. The summed E-state index contributed by atoms with van der Waals surface area (Å²) in [4.78, 5) is 35.3. The van der Waals surface area contributed by atoms with Gasteiger partial charge in [-0.15, -0.1) is 0 Å². The summed E-state index contributed by atoms with van der Waals surface area (Å²) < 4.78 is 4.73. The molecule has 0 saturated carbocycles. The molecule has 3 rings (SSSR count). The molecule has 0 aromatic heterocycles. The lowest BCUT2D eigenvalue weighted by molar-refractivity contribution is -0.121. The first-order valence-electron chi connectivity index (χ1n) is 7.81. The van der Waals surface area contributed by atoms with Gasteiger partial charge < -0.3 is 4.74 Å². The lowest BCUT2D eigenvalue weighted by atomic mass is 9.99. The van der Waals surface area contributed by atoms with Gasteiger partial charge in [0.1, 0.15) is 10.5 Å². The number of ether oxygens (including phenoxy) is 1. The van der Waals surface area contributed by atoms with Crippen molar-refractivity contribution in [2.75, 3.05) is 6.61 Å². The molecule has 25 heavy (non-hydrogen) atoms. The smallest absolute Gasteiger partial charge is 0.286 e. The molecule has 0 bridgehead atoms. The highest BCUT2D eigenvalue weighted by Crippen LogP contribution is 2.34. The van der Waals surface area contributed by atoms with Crippen molar-refractivity contribution in [2.45, 2.75) is 18.1 Å². The minimum Gasteiger partial charge on any atom is -0.485 e. The molecular formula is C19H17NO4S. The second-order valence-corrected chi connectivity index (χ2v) is 7.45. The number of rotatable bonds is 6. The molecule has 2 amide bonds. The van der Waals surface area contributed by atoms with E-state index in [2.05, 4.69) is 5.32 Å². The standard InChI is InChI=1S/C19H17NO4S/c1-19(17(22)20-18(23)25-19)11-13-7-9-15(10-8-13)24-12-16(21)14-5-3-2-4-6-14/h2-10H,11-12H2,1H3,(H,20,22,23)/t19-/m1/s1. The maximum absolute atomic E-state index is 12.0. The molecule has 1 heterocycles. The van der Waals surface area contributed by atoms with E-state index in [1.54, 1.807) is 31.2 Å². The fourth-order valence-corrected chi connectivity index (χ4v) is 3.50. The van der Waals surface area contributed by atoms with E-state index < -0.39 is 4.75 Å². The van der Waals surface area contributed by atoms with E-state index in [1.807, 2.05) is 30.3 Å². The van der Waals surface area contributed by atoms with Gasteiger partial charge in [0, 0.05) is 5.56 Å². The maximum atomic E-state index is 12.0. The molecule has 1 N–H and O–H groups in total. The zero-order chi connectivity index (χ0) is 17.9. The molecule has 1 atom stereocenters. The monoisotopic (exact) mass is 355 g/mol. The van der Waals surface area contributed by atoms with Gasteiger partial charge in [0.2, 0.25) is 5.91 Å². The van der Waals surface area contributed by atoms with Crippen LogP contribution in [0.4, 0.5) is 4.79 Å². The summed E-state index contributed by atoms with van der Waals surface area (Å²) in [6.07, 6.45) is 0.443. The van der Waals surface area contributed by atoms with Crippen molar-refractivity contribution in [3.05, 3.63) is 65.7 Å². The molecule has 1 saturated heterocycles. The number of carbonyl (C=O) groups excluding carboxylic acids is 3. The van der Waals surface area contributed by atoms with Crippen LogP contribution in [0.25, 0.3) is 0 Å². The largest absolute Gasteiger partial charge is 0.485 e. The van der Waals surface area contributed by atoms with Crippen LogP contribution in [-0.2, 0) is 11.2 Å². The van der Waals surface area contributed by atoms with Crippen molar-refractivity contribution in [2.24, 2.45) is 0 Å². The number of nitrogens with one attached hydrogen (secondary N) is 1. The second-order valence-electron chi connectivity index (χ2n) is 5.97. The van der Waals surface area contributed by atoms with E-state index >= 15 is 0 Å². The predicted molar refractivity (Wildman–Crippen MR) is 95.9 cm³/mol. The molecule has 6 heteroatoms. The molecule has 0 radical (unpaired) electrons. The third-order valence-corrected chi connectivity index (χ3v) is 5.01. The van der Waals surface area contributed by atoms with Crippen LogP contribution >= 0.6 is 11.8 Å². The van der Waals surface area contributed by atoms with E-state index in [4.69, 9.17) is 4.74 Å². The summed E-state index contributed by atoms with van der Waals surface area (Å²) in [6.45, 7) is 1.72. The summed E-state index contributed by atoms with van der Waals surface area (Å²) in [5, 5.41) is 2.00. The molecule has 0 unspecified atom stereocenters. The molecule has 1 aliphatic rings. The Balaban J connectivity index is 1.58. The van der Waals surface area contributed by atoms with Crippen molar-refractivity contribution in [3.63, 3.8) is 0 Å². The van der Waals surface area contributed by atoms with Gasteiger partial charge in [0.15, 0.2) is 12.4 Å². The van der Waals surface area contributed by atoms with E-state index in [-0.39, 0.29) is 23.5 Å². The Kier molecular flexibility index (Phi) is 4.90. The molecule has 2 aromatic carbocycles. The highest BCUT2D eigenvalue weighted by molar-refractivity contribution is 8.16. The number of Topliss-reactive ketones (excluding diaryl/α,β-unsaturated/α-hetero) is 1. The minimum atomic E-state index is -0.789. The van der Waals surface area contributed by atoms with E-state index in [1.165, 1.54) is 0 Å². The van der Waals surface area contributed by atoms with Gasteiger partial charge in [-0.1, -0.05) is 42.5 Å². The Bertz CT molecular complexity index is 804. The zero-order valence-corrected chi connectivity index (χ0v) is 14.5. The first kappa shape index (κ1) is 17.2. The highest BCUT2D eigenvalue weighted by atomic mass is 32.2. The average molecular weight is 355 g/mol. The molecule has 0 aliphatic carbocycles. The third kappa shape index (κ3) is 4.09. The number of amides is 2. The SMILES string of the molecule is C[C@]1(Cc2ccc(OCC(=O)c3ccccc3)cc2)SC(=O)NC1=O. The minimum absolute atomic E-state index is 0.0339. The average Bonchev–Trinajstić information content (AvgIpc) is 2.86. The van der Waals surface area contributed by atoms with Gasteiger partial charge in [-0.25, -0.2) is 0 Å². The molecule has 1 aliphatic heterocycles. The molecule has 1 fully saturated rings. The molecule has 0 spiro atoms. The van der Waals surface area contributed by atoms with Crippen LogP contribution < -0.4 is 10.1 Å². The first-order chi connectivity index (χ1) is 12.0. The summed E-state index contributed by atoms with van der Waals surface area (Å²) in [5.74, 6) is 0.226. The molecule has 5 nitrogen and oxygen atoms in total. The molecule has 2 aromatic rings. The fraction of sp³-hybridized carbons (Fsp3) is 0.211. The van der Waals surface area contributed by atoms with Gasteiger partial charge in [-0.05, 0) is 42.8 Å². The van der Waals surface area contributed by atoms with Crippen molar-refractivity contribution in [3.8, 4) is 5.75 Å². The Morgan fingerprint density at radius 1 is 1.08 bits per heavy atom. The van der Waals surface area contributed by atoms with Crippen LogP contribution in [0, 0.1) is 0 Å². The quantitative estimate of drug-likeness (QED) is 0.806. The zero-order valence-electron chi connectivity index (χ0n) is 13.7. The normalized spacial score (nSPS) is 19.6. The maximum Gasteiger partial charge on any atom is 0.286 e. The van der Waals surface area contributed by atoms with Crippen molar-refractivity contribution in [1.82, 2.24) is 5.32 Å². The number of benzene rings is 2. The van der Waals surface area contributed by atoms with Crippen molar-refractivity contribution >= 4 is 28.7 Å². The van der Waals surface area contributed by atoms with Crippen LogP contribution in [0.5, 0.6) is 5.75 Å². The van der Waals surface area contributed by atoms with Crippen LogP contribution in [0.15, 0.2) is 54.6 Å². The van der Waals surface area contributed by atoms with Gasteiger partial charge in [0.25, 0.3) is 5.24 Å². The Hall–Kier alpha value is -2.60. The molecular weight excluding hydrogens is 338 g/mol. The summed E-state index contributed by atoms with van der Waals surface area (Å²) in [5.41, 5.74) is 1.53. The van der Waals surface area contributed by atoms with E-state index in [0.29, 0.717) is 17.7 Å². The Labute approximate surface area is 149 Å². The lowest BCUT2D eigenvalue weighted by Crippen LogP contribution is -2.35.